The summed E-state index contributed by atoms with van der Waals surface area (Å²) in [5, 5.41) is 3.53. The summed E-state index contributed by atoms with van der Waals surface area (Å²) in [4.78, 5) is 25.5. The van der Waals surface area contributed by atoms with Crippen molar-refractivity contribution >= 4 is 28.2 Å². The van der Waals surface area contributed by atoms with Crippen LogP contribution in [-0.4, -0.2) is 18.5 Å². The quantitative estimate of drug-likeness (QED) is 0.637. The minimum absolute atomic E-state index is 0.0860. The molecule has 1 N–H and O–H groups in total. The Hall–Kier alpha value is -1.62. The molecule has 1 amide bonds. The first-order valence-corrected chi connectivity index (χ1v) is 8.60. The van der Waals surface area contributed by atoms with Gasteiger partial charge in [-0.2, -0.15) is 0 Å². The highest BCUT2D eigenvalue weighted by atomic mass is 32.1. The molecule has 1 atom stereocenters. The number of hydrogen-bond acceptors (Lipinski definition) is 4. The lowest BCUT2D eigenvalue weighted by atomic mass is 9.88. The summed E-state index contributed by atoms with van der Waals surface area (Å²) < 4.78 is 5.18. The number of fused-ring (bicyclic) bond motifs is 1. The minimum Gasteiger partial charge on any atom is -0.462 e. The second-order valence-electron chi connectivity index (χ2n) is 5.65. The average Bonchev–Trinajstić information content (AvgIpc) is 2.82. The second-order valence-corrected chi connectivity index (χ2v) is 6.76. The Morgan fingerprint density at radius 1 is 1.50 bits per heavy atom. The van der Waals surface area contributed by atoms with E-state index in [0.717, 1.165) is 24.8 Å². The van der Waals surface area contributed by atoms with Crippen LogP contribution in [0.4, 0.5) is 5.00 Å². The summed E-state index contributed by atoms with van der Waals surface area (Å²) in [5.41, 5.74) is 1.64. The van der Waals surface area contributed by atoms with E-state index in [0.29, 0.717) is 35.9 Å². The van der Waals surface area contributed by atoms with Gasteiger partial charge in [-0.1, -0.05) is 13.0 Å². The number of thiophene rings is 1. The third-order valence-electron chi connectivity index (χ3n) is 3.82. The molecule has 0 unspecified atom stereocenters. The summed E-state index contributed by atoms with van der Waals surface area (Å²) >= 11 is 1.52. The summed E-state index contributed by atoms with van der Waals surface area (Å²) in [5.74, 6) is 0.205. The molecule has 4 nitrogen and oxygen atoms in total. The molecule has 0 aromatic carbocycles. The molecule has 1 aromatic heterocycles. The van der Waals surface area contributed by atoms with Gasteiger partial charge in [-0.3, -0.25) is 4.79 Å². The maximum Gasteiger partial charge on any atom is 0.341 e. The minimum atomic E-state index is -0.325. The van der Waals surface area contributed by atoms with Crippen molar-refractivity contribution in [2.75, 3.05) is 11.9 Å². The zero-order valence-electron chi connectivity index (χ0n) is 13.2. The van der Waals surface area contributed by atoms with Crippen molar-refractivity contribution in [3.8, 4) is 0 Å². The lowest BCUT2D eigenvalue weighted by Crippen LogP contribution is -2.16. The van der Waals surface area contributed by atoms with Crippen molar-refractivity contribution in [1.29, 1.82) is 0 Å². The van der Waals surface area contributed by atoms with E-state index in [-0.39, 0.29) is 11.9 Å². The van der Waals surface area contributed by atoms with Gasteiger partial charge in [0.2, 0.25) is 5.91 Å². The van der Waals surface area contributed by atoms with Crippen LogP contribution < -0.4 is 5.32 Å². The molecular formula is C17H23NO3S. The number of ether oxygens (including phenoxy) is 1. The molecular weight excluding hydrogens is 298 g/mol. The fourth-order valence-electron chi connectivity index (χ4n) is 2.68. The number of anilines is 1. The fourth-order valence-corrected chi connectivity index (χ4v) is 4.10. The van der Waals surface area contributed by atoms with Crippen molar-refractivity contribution in [3.05, 3.63) is 28.7 Å². The maximum atomic E-state index is 12.3. The first kappa shape index (κ1) is 16.7. The Bertz CT molecular complexity index is 577. The average molecular weight is 321 g/mol. The molecule has 5 heteroatoms. The van der Waals surface area contributed by atoms with Gasteiger partial charge >= 0.3 is 5.97 Å². The Morgan fingerprint density at radius 3 is 2.95 bits per heavy atom. The van der Waals surface area contributed by atoms with Gasteiger partial charge in [-0.05, 0) is 44.1 Å². The number of amides is 1. The summed E-state index contributed by atoms with van der Waals surface area (Å²) in [6.07, 6.45) is 5.64. The van der Waals surface area contributed by atoms with E-state index in [9.17, 15) is 9.59 Å². The second kappa shape index (κ2) is 7.58. The molecule has 1 aliphatic carbocycles. The Labute approximate surface area is 135 Å². The van der Waals surface area contributed by atoms with E-state index < -0.39 is 0 Å². The Balaban J connectivity index is 2.29. The van der Waals surface area contributed by atoms with Crippen LogP contribution in [0.15, 0.2) is 12.7 Å². The normalized spacial score (nSPS) is 16.7. The van der Waals surface area contributed by atoms with Crippen LogP contribution in [-0.2, 0) is 22.4 Å². The molecule has 0 saturated heterocycles. The smallest absolute Gasteiger partial charge is 0.341 e. The Kier molecular flexibility index (Phi) is 5.77. The number of allylic oxidation sites excluding steroid dienone is 1. The van der Waals surface area contributed by atoms with Crippen LogP contribution in [0.3, 0.4) is 0 Å². The topological polar surface area (TPSA) is 55.4 Å². The number of esters is 1. The van der Waals surface area contributed by atoms with Gasteiger partial charge in [0.25, 0.3) is 0 Å². The van der Waals surface area contributed by atoms with Gasteiger partial charge < -0.3 is 10.1 Å². The molecule has 0 radical (unpaired) electrons. The van der Waals surface area contributed by atoms with Gasteiger partial charge in [-0.15, -0.1) is 17.9 Å². The zero-order chi connectivity index (χ0) is 16.1. The van der Waals surface area contributed by atoms with E-state index in [4.69, 9.17) is 4.74 Å². The predicted octanol–water partition coefficient (Wildman–Crippen LogP) is 3.95. The van der Waals surface area contributed by atoms with Crippen LogP contribution in [0.1, 0.15) is 53.9 Å². The van der Waals surface area contributed by atoms with Crippen LogP contribution in [0.25, 0.3) is 0 Å². The molecule has 0 aliphatic heterocycles. The van der Waals surface area contributed by atoms with Crippen LogP contribution in [0.5, 0.6) is 0 Å². The molecule has 0 saturated carbocycles. The fraction of sp³-hybridized carbons (Fsp3) is 0.529. The first-order chi connectivity index (χ1) is 10.6. The van der Waals surface area contributed by atoms with E-state index in [1.807, 2.05) is 0 Å². The molecule has 0 bridgehead atoms. The van der Waals surface area contributed by atoms with Crippen molar-refractivity contribution in [2.45, 2.75) is 46.0 Å². The van der Waals surface area contributed by atoms with Gasteiger partial charge in [0.05, 0.1) is 12.2 Å². The molecule has 0 fully saturated rings. The van der Waals surface area contributed by atoms with E-state index in [1.54, 1.807) is 13.0 Å². The van der Waals surface area contributed by atoms with E-state index >= 15 is 0 Å². The summed E-state index contributed by atoms with van der Waals surface area (Å²) in [7, 11) is 0. The van der Waals surface area contributed by atoms with Gasteiger partial charge in [0.15, 0.2) is 0 Å². The SMILES string of the molecule is C=CCCC(=O)Nc1sc2c(c1C(=O)OCC)CC[C@H](C)C2. The highest BCUT2D eigenvalue weighted by molar-refractivity contribution is 7.17. The van der Waals surface area contributed by atoms with Crippen molar-refractivity contribution in [1.82, 2.24) is 0 Å². The molecule has 1 heterocycles. The molecule has 120 valence electrons. The van der Waals surface area contributed by atoms with E-state index in [2.05, 4.69) is 18.8 Å². The molecule has 22 heavy (non-hydrogen) atoms. The van der Waals surface area contributed by atoms with Gasteiger partial charge in [0.1, 0.15) is 5.00 Å². The number of carbonyl (C=O) groups excluding carboxylic acids is 2. The Morgan fingerprint density at radius 2 is 2.27 bits per heavy atom. The van der Waals surface area contributed by atoms with Crippen molar-refractivity contribution < 1.29 is 14.3 Å². The van der Waals surface area contributed by atoms with Crippen LogP contribution in [0.2, 0.25) is 0 Å². The van der Waals surface area contributed by atoms with E-state index in [1.165, 1.54) is 16.2 Å². The highest BCUT2D eigenvalue weighted by Crippen LogP contribution is 2.40. The third kappa shape index (κ3) is 3.77. The molecule has 1 aromatic rings. The lowest BCUT2D eigenvalue weighted by molar-refractivity contribution is -0.116. The monoisotopic (exact) mass is 321 g/mol. The number of nitrogens with one attached hydrogen (secondary N) is 1. The zero-order valence-corrected chi connectivity index (χ0v) is 14.1. The predicted molar refractivity (Wildman–Crippen MR) is 89.5 cm³/mol. The van der Waals surface area contributed by atoms with Crippen LogP contribution >= 0.6 is 11.3 Å². The first-order valence-electron chi connectivity index (χ1n) is 7.79. The van der Waals surface area contributed by atoms with Crippen LogP contribution in [0, 0.1) is 5.92 Å². The standard InChI is InChI=1S/C17H23NO3S/c1-4-6-7-14(19)18-16-15(17(20)21-5-2)12-9-8-11(3)10-13(12)22-16/h4,11H,1,5-10H2,2-3H3,(H,18,19)/t11-/m0/s1. The summed E-state index contributed by atoms with van der Waals surface area (Å²) in [6.45, 7) is 7.97. The largest absolute Gasteiger partial charge is 0.462 e. The highest BCUT2D eigenvalue weighted by Gasteiger charge is 2.28. The summed E-state index contributed by atoms with van der Waals surface area (Å²) in [6, 6.07) is 0. The van der Waals surface area contributed by atoms with Crippen molar-refractivity contribution in [3.63, 3.8) is 0 Å². The van der Waals surface area contributed by atoms with Crippen molar-refractivity contribution in [2.24, 2.45) is 5.92 Å². The van der Waals surface area contributed by atoms with Gasteiger partial charge in [0, 0.05) is 11.3 Å². The maximum absolute atomic E-state index is 12.3. The number of carbonyl (C=O) groups is 2. The molecule has 0 spiro atoms. The number of hydrogen-bond donors (Lipinski definition) is 1. The molecule has 2 rings (SSSR count). The number of rotatable bonds is 6. The third-order valence-corrected chi connectivity index (χ3v) is 4.99. The van der Waals surface area contributed by atoms with Gasteiger partial charge in [-0.25, -0.2) is 4.79 Å². The lowest BCUT2D eigenvalue weighted by Gasteiger charge is -2.18. The molecule has 1 aliphatic rings.